The van der Waals surface area contributed by atoms with Crippen LogP contribution in [0, 0.1) is 0 Å². The topological polar surface area (TPSA) is 13.1 Å². The van der Waals surface area contributed by atoms with E-state index in [9.17, 15) is 4.11 Å². The highest BCUT2D eigenvalue weighted by molar-refractivity contribution is 6.26. The molecule has 9 rings (SSSR count). The zero-order valence-corrected chi connectivity index (χ0v) is 23.0. The van der Waals surface area contributed by atoms with Gasteiger partial charge in [-0.2, -0.15) is 0 Å². The zero-order valence-electron chi connectivity index (χ0n) is 29.0. The molecular formula is C42H26O. The summed E-state index contributed by atoms with van der Waals surface area (Å²) in [5, 5.41) is 5.91. The van der Waals surface area contributed by atoms with Crippen LogP contribution in [0.5, 0.6) is 0 Å². The Hall–Kier alpha value is -5.66. The van der Waals surface area contributed by atoms with Crippen molar-refractivity contribution in [3.8, 4) is 33.4 Å². The first-order valence-corrected chi connectivity index (χ1v) is 14.3. The summed E-state index contributed by atoms with van der Waals surface area (Å²) in [6, 6.07) is 37.8. The molecule has 9 aromatic rings. The van der Waals surface area contributed by atoms with Gasteiger partial charge in [0.25, 0.3) is 0 Å². The van der Waals surface area contributed by atoms with E-state index in [0.29, 0.717) is 22.3 Å². The minimum absolute atomic E-state index is 0.0944. The highest BCUT2D eigenvalue weighted by Gasteiger charge is 2.21. The standard InChI is InChI=1S/C42H26O/c1-2-13-27(14-3-1)28-25-26-36(30-16-5-4-15-29(28)30)40-32-18-6-8-20-34(32)41(35-21-9-7-19-33(35)40)38-23-12-22-37-31-17-10-11-24-39(31)43-42(37)38/h1-26H/i4D,5D,15D,16D,25D,26D. The van der Waals surface area contributed by atoms with Gasteiger partial charge in [-0.3, -0.25) is 0 Å². The van der Waals surface area contributed by atoms with Gasteiger partial charge in [-0.1, -0.05) is 152 Å². The van der Waals surface area contributed by atoms with Gasteiger partial charge in [0.2, 0.25) is 0 Å². The molecule has 1 nitrogen and oxygen atoms in total. The van der Waals surface area contributed by atoms with Gasteiger partial charge < -0.3 is 4.42 Å². The average molecular weight is 553 g/mol. The van der Waals surface area contributed by atoms with Crippen LogP contribution in [0.25, 0.3) is 87.6 Å². The predicted octanol–water partition coefficient (Wildman–Crippen LogP) is 12.0. The van der Waals surface area contributed by atoms with Crippen molar-refractivity contribution in [3.63, 3.8) is 0 Å². The highest BCUT2D eigenvalue weighted by atomic mass is 16.3. The van der Waals surface area contributed by atoms with Gasteiger partial charge in [-0.15, -0.1) is 0 Å². The summed E-state index contributed by atoms with van der Waals surface area (Å²) in [6.45, 7) is 0. The fourth-order valence-corrected chi connectivity index (χ4v) is 6.58. The van der Waals surface area contributed by atoms with Crippen LogP contribution in [0.2, 0.25) is 0 Å². The van der Waals surface area contributed by atoms with Crippen molar-refractivity contribution < 1.29 is 12.6 Å². The van der Waals surface area contributed by atoms with Crippen LogP contribution in [0.15, 0.2) is 162 Å². The van der Waals surface area contributed by atoms with Crippen molar-refractivity contribution in [1.82, 2.24) is 0 Å². The molecule has 0 fully saturated rings. The normalized spacial score (nSPS) is 13.7. The minimum atomic E-state index is -0.378. The Balaban J connectivity index is 1.49. The van der Waals surface area contributed by atoms with Crippen LogP contribution < -0.4 is 0 Å². The third kappa shape index (κ3) is 3.58. The number of fused-ring (bicyclic) bond motifs is 6. The molecule has 1 heterocycles. The van der Waals surface area contributed by atoms with E-state index >= 15 is 0 Å². The van der Waals surface area contributed by atoms with Crippen molar-refractivity contribution >= 4 is 54.3 Å². The summed E-state index contributed by atoms with van der Waals surface area (Å²) in [4.78, 5) is 0. The number of benzene rings is 8. The van der Waals surface area contributed by atoms with E-state index in [1.807, 2.05) is 103 Å². The Morgan fingerprint density at radius 1 is 0.372 bits per heavy atom. The van der Waals surface area contributed by atoms with Crippen molar-refractivity contribution in [2.24, 2.45) is 0 Å². The second-order valence-corrected chi connectivity index (χ2v) is 10.7. The smallest absolute Gasteiger partial charge is 0.143 e. The van der Waals surface area contributed by atoms with Gasteiger partial charge >= 0.3 is 0 Å². The highest BCUT2D eigenvalue weighted by Crippen LogP contribution is 2.48. The van der Waals surface area contributed by atoms with E-state index in [4.69, 9.17) is 8.53 Å². The van der Waals surface area contributed by atoms with Gasteiger partial charge in [0.15, 0.2) is 0 Å². The van der Waals surface area contributed by atoms with Gasteiger partial charge in [0.05, 0.1) is 8.22 Å². The van der Waals surface area contributed by atoms with Gasteiger partial charge in [0.1, 0.15) is 11.2 Å². The number of hydrogen-bond acceptors (Lipinski definition) is 1. The molecule has 0 unspecified atom stereocenters. The van der Waals surface area contributed by atoms with E-state index in [0.717, 1.165) is 54.6 Å². The summed E-state index contributed by atoms with van der Waals surface area (Å²) < 4.78 is 61.1. The van der Waals surface area contributed by atoms with E-state index in [1.165, 1.54) is 0 Å². The molecule has 0 saturated carbocycles. The molecule has 0 spiro atoms. The first kappa shape index (κ1) is 18.7. The lowest BCUT2D eigenvalue weighted by molar-refractivity contribution is 0.670. The van der Waals surface area contributed by atoms with E-state index in [-0.39, 0.29) is 47.0 Å². The lowest BCUT2D eigenvalue weighted by Gasteiger charge is -2.19. The maximum absolute atomic E-state index is 9.58. The number of hydrogen-bond donors (Lipinski definition) is 0. The van der Waals surface area contributed by atoms with Crippen LogP contribution >= 0.6 is 0 Å². The van der Waals surface area contributed by atoms with Crippen LogP contribution in [-0.4, -0.2) is 0 Å². The Kier molecular flexibility index (Phi) is 4.11. The molecule has 0 atom stereocenters. The van der Waals surface area contributed by atoms with Crippen molar-refractivity contribution in [1.29, 1.82) is 0 Å². The average Bonchev–Trinajstić information content (AvgIpc) is 3.53. The molecule has 200 valence electrons. The SMILES string of the molecule is [2H]c1c([2H])c([2H])c2c(-c3c4ccccc4c(-c4cccc5c4oc4ccccc45)c4ccccc34)c([2H])c([2H])c(-c3ccccc3)c2c1[2H]. The third-order valence-electron chi connectivity index (χ3n) is 8.42. The lowest BCUT2D eigenvalue weighted by atomic mass is 9.83. The number of rotatable bonds is 3. The van der Waals surface area contributed by atoms with E-state index < -0.39 is 0 Å². The zero-order chi connectivity index (χ0) is 33.6. The molecule has 0 aliphatic heterocycles. The lowest BCUT2D eigenvalue weighted by Crippen LogP contribution is -1.92. The molecule has 1 aromatic heterocycles. The molecular weight excluding hydrogens is 520 g/mol. The molecule has 0 saturated heterocycles. The maximum atomic E-state index is 9.58. The molecule has 43 heavy (non-hydrogen) atoms. The Bertz CT molecular complexity index is 2780. The first-order chi connectivity index (χ1) is 23.9. The second-order valence-electron chi connectivity index (χ2n) is 10.7. The first-order valence-electron chi connectivity index (χ1n) is 17.3. The molecule has 0 N–H and O–H groups in total. The molecule has 0 aliphatic rings. The monoisotopic (exact) mass is 552 g/mol. The summed E-state index contributed by atoms with van der Waals surface area (Å²) in [5.41, 5.74) is 5.36. The molecule has 0 bridgehead atoms. The Labute approximate surface area is 257 Å². The predicted molar refractivity (Wildman–Crippen MR) is 183 cm³/mol. The van der Waals surface area contributed by atoms with E-state index in [1.54, 1.807) is 0 Å². The van der Waals surface area contributed by atoms with Crippen LogP contribution in [0.1, 0.15) is 8.22 Å². The largest absolute Gasteiger partial charge is 0.455 e. The van der Waals surface area contributed by atoms with Gasteiger partial charge in [-0.05, 0) is 60.6 Å². The van der Waals surface area contributed by atoms with Gasteiger partial charge in [-0.25, -0.2) is 0 Å². The fraction of sp³-hybridized carbons (Fsp3) is 0. The molecule has 8 aromatic carbocycles. The van der Waals surface area contributed by atoms with Crippen LogP contribution in [-0.2, 0) is 0 Å². The quantitative estimate of drug-likeness (QED) is 0.199. The fourth-order valence-electron chi connectivity index (χ4n) is 6.58. The molecule has 0 amide bonds. The molecule has 0 aliphatic carbocycles. The third-order valence-corrected chi connectivity index (χ3v) is 8.42. The summed E-state index contributed by atoms with van der Waals surface area (Å²) in [7, 11) is 0. The van der Waals surface area contributed by atoms with Crippen molar-refractivity contribution in [3.05, 3.63) is 158 Å². The maximum Gasteiger partial charge on any atom is 0.143 e. The molecule has 1 heteroatoms. The number of furan rings is 1. The minimum Gasteiger partial charge on any atom is -0.455 e. The Morgan fingerprint density at radius 2 is 0.884 bits per heavy atom. The van der Waals surface area contributed by atoms with Gasteiger partial charge in [0, 0.05) is 21.9 Å². The van der Waals surface area contributed by atoms with Crippen LogP contribution in [0.3, 0.4) is 0 Å². The van der Waals surface area contributed by atoms with Crippen LogP contribution in [0.4, 0.5) is 0 Å². The Morgan fingerprint density at radius 3 is 1.56 bits per heavy atom. The van der Waals surface area contributed by atoms with Crippen molar-refractivity contribution in [2.75, 3.05) is 0 Å². The number of para-hydroxylation sites is 2. The summed E-state index contributed by atoms with van der Waals surface area (Å²) in [5.74, 6) is 0. The summed E-state index contributed by atoms with van der Waals surface area (Å²) in [6.07, 6.45) is 0. The summed E-state index contributed by atoms with van der Waals surface area (Å²) >= 11 is 0. The van der Waals surface area contributed by atoms with Crippen molar-refractivity contribution in [2.45, 2.75) is 0 Å². The molecule has 0 radical (unpaired) electrons. The van der Waals surface area contributed by atoms with E-state index in [2.05, 4.69) is 18.2 Å². The second kappa shape index (κ2) is 9.44.